The number of nitrogens with two attached hydrogens (primary N) is 1. The van der Waals surface area contributed by atoms with Gasteiger partial charge in [0.25, 0.3) is 0 Å². The lowest BCUT2D eigenvalue weighted by molar-refractivity contribution is 0.0122. The van der Waals surface area contributed by atoms with Crippen LogP contribution in [0.3, 0.4) is 0 Å². The summed E-state index contributed by atoms with van der Waals surface area (Å²) in [6.07, 6.45) is -2.97. The molecule has 1 aromatic carbocycles. The van der Waals surface area contributed by atoms with Crippen LogP contribution in [0, 0.1) is 5.82 Å². The maximum Gasteiger partial charge on any atom is 0.407 e. The first-order chi connectivity index (χ1) is 10.6. The van der Waals surface area contributed by atoms with E-state index in [-0.39, 0.29) is 24.2 Å². The van der Waals surface area contributed by atoms with Crippen LogP contribution >= 0.6 is 0 Å². The Kier molecular flexibility index (Phi) is 6.74. The van der Waals surface area contributed by atoms with E-state index in [2.05, 4.69) is 10.7 Å². The average molecular weight is 329 g/mol. The predicted octanol–water partition coefficient (Wildman–Crippen LogP) is 1.42. The summed E-state index contributed by atoms with van der Waals surface area (Å²) in [4.78, 5) is 11.4. The monoisotopic (exact) mass is 329 g/mol. The van der Waals surface area contributed by atoms with Crippen molar-refractivity contribution in [2.24, 2.45) is 5.84 Å². The summed E-state index contributed by atoms with van der Waals surface area (Å²) < 4.78 is 18.6. The fraction of sp³-hybridized carbons (Fsp3) is 0.533. The number of hydrazine groups is 1. The summed E-state index contributed by atoms with van der Waals surface area (Å²) in [6.45, 7) is 5.32. The molecule has 0 saturated heterocycles. The van der Waals surface area contributed by atoms with Crippen molar-refractivity contribution < 1.29 is 24.1 Å². The number of hydrogen-bond donors (Lipinski definition) is 5. The third-order valence-electron chi connectivity index (χ3n) is 2.96. The maximum atomic E-state index is 13.6. The van der Waals surface area contributed by atoms with E-state index in [0.717, 1.165) is 6.07 Å². The summed E-state index contributed by atoms with van der Waals surface area (Å²) >= 11 is 0. The summed E-state index contributed by atoms with van der Waals surface area (Å²) in [5.74, 6) is 4.48. The molecule has 23 heavy (non-hydrogen) atoms. The van der Waals surface area contributed by atoms with Gasteiger partial charge in [-0.05, 0) is 44.9 Å². The fourth-order valence-corrected chi connectivity index (χ4v) is 1.85. The van der Waals surface area contributed by atoms with Gasteiger partial charge in [-0.15, -0.1) is 0 Å². The van der Waals surface area contributed by atoms with Crippen LogP contribution in [0.1, 0.15) is 38.9 Å². The van der Waals surface area contributed by atoms with Crippen molar-refractivity contribution in [3.05, 3.63) is 29.6 Å². The number of anilines is 1. The highest BCUT2D eigenvalue weighted by atomic mass is 19.1. The van der Waals surface area contributed by atoms with E-state index in [0.29, 0.717) is 0 Å². The number of carbonyl (C=O) groups is 1. The molecule has 0 spiro atoms. The molecule has 1 rings (SSSR count). The number of benzene rings is 1. The molecular weight excluding hydrogens is 305 g/mol. The van der Waals surface area contributed by atoms with E-state index in [1.54, 1.807) is 20.8 Å². The molecule has 1 aromatic rings. The zero-order valence-electron chi connectivity index (χ0n) is 13.5. The largest absolute Gasteiger partial charge is 0.444 e. The van der Waals surface area contributed by atoms with E-state index in [9.17, 15) is 19.4 Å². The molecule has 0 heterocycles. The second-order valence-corrected chi connectivity index (χ2v) is 6.11. The lowest BCUT2D eigenvalue weighted by Gasteiger charge is -2.21. The molecule has 2 atom stereocenters. The summed E-state index contributed by atoms with van der Waals surface area (Å²) in [5, 5.41) is 22.4. The van der Waals surface area contributed by atoms with Crippen molar-refractivity contribution in [1.29, 1.82) is 0 Å². The summed E-state index contributed by atoms with van der Waals surface area (Å²) in [6, 6.07) is 3.90. The number of alkyl carbamates (subject to hydrolysis) is 1. The minimum Gasteiger partial charge on any atom is -0.444 e. The summed E-state index contributed by atoms with van der Waals surface area (Å²) in [7, 11) is 0. The van der Waals surface area contributed by atoms with Crippen LogP contribution in [0.15, 0.2) is 18.2 Å². The SMILES string of the molecule is CC(C)(C)OC(=O)NCCC(O)C(O)c1ccc(NN)c(F)c1. The van der Waals surface area contributed by atoms with Crippen LogP contribution < -0.4 is 16.6 Å². The first-order valence-corrected chi connectivity index (χ1v) is 7.23. The Labute approximate surface area is 134 Å². The van der Waals surface area contributed by atoms with Gasteiger partial charge in [0, 0.05) is 6.54 Å². The molecule has 0 aliphatic heterocycles. The van der Waals surface area contributed by atoms with Gasteiger partial charge < -0.3 is 25.7 Å². The number of ether oxygens (including phenoxy) is 1. The van der Waals surface area contributed by atoms with E-state index < -0.39 is 29.7 Å². The highest BCUT2D eigenvalue weighted by Gasteiger charge is 2.20. The Balaban J connectivity index is 2.49. The molecule has 0 bridgehead atoms. The van der Waals surface area contributed by atoms with Gasteiger partial charge in [0.1, 0.15) is 17.5 Å². The highest BCUT2D eigenvalue weighted by Crippen LogP contribution is 2.23. The zero-order chi connectivity index (χ0) is 17.6. The zero-order valence-corrected chi connectivity index (χ0v) is 13.5. The molecule has 0 aliphatic rings. The Morgan fingerprint density at radius 3 is 2.57 bits per heavy atom. The van der Waals surface area contributed by atoms with Crippen molar-refractivity contribution in [3.8, 4) is 0 Å². The third kappa shape index (κ3) is 6.39. The molecule has 8 heteroatoms. The van der Waals surface area contributed by atoms with Gasteiger partial charge >= 0.3 is 6.09 Å². The first kappa shape index (κ1) is 19.1. The summed E-state index contributed by atoms with van der Waals surface area (Å²) in [5.41, 5.74) is 1.86. The third-order valence-corrected chi connectivity index (χ3v) is 2.96. The van der Waals surface area contributed by atoms with Crippen LogP contribution in [-0.2, 0) is 4.74 Å². The van der Waals surface area contributed by atoms with Gasteiger partial charge in [0.05, 0.1) is 11.8 Å². The fourth-order valence-electron chi connectivity index (χ4n) is 1.85. The van der Waals surface area contributed by atoms with Gasteiger partial charge in [-0.2, -0.15) is 0 Å². The van der Waals surface area contributed by atoms with Gasteiger partial charge in [-0.3, -0.25) is 5.84 Å². The number of halogens is 1. The van der Waals surface area contributed by atoms with Crippen molar-refractivity contribution in [2.75, 3.05) is 12.0 Å². The van der Waals surface area contributed by atoms with Crippen molar-refractivity contribution >= 4 is 11.8 Å². The Morgan fingerprint density at radius 2 is 2.04 bits per heavy atom. The molecular formula is C15H24FN3O4. The molecule has 0 fully saturated rings. The predicted molar refractivity (Wildman–Crippen MR) is 84.0 cm³/mol. The number of rotatable bonds is 6. The average Bonchev–Trinajstić information content (AvgIpc) is 2.44. The lowest BCUT2D eigenvalue weighted by Crippen LogP contribution is -2.34. The van der Waals surface area contributed by atoms with E-state index in [1.165, 1.54) is 12.1 Å². The molecule has 0 radical (unpaired) electrons. The van der Waals surface area contributed by atoms with Crippen molar-refractivity contribution in [2.45, 2.75) is 45.0 Å². The minimum atomic E-state index is -1.28. The van der Waals surface area contributed by atoms with Crippen molar-refractivity contribution in [1.82, 2.24) is 5.32 Å². The molecule has 2 unspecified atom stereocenters. The topological polar surface area (TPSA) is 117 Å². The Hall–Kier alpha value is -1.90. The lowest BCUT2D eigenvalue weighted by atomic mass is 10.0. The molecule has 7 nitrogen and oxygen atoms in total. The number of aliphatic hydroxyl groups is 2. The maximum absolute atomic E-state index is 13.6. The number of carbonyl (C=O) groups excluding carboxylic acids is 1. The van der Waals surface area contributed by atoms with Crippen LogP contribution in [0.5, 0.6) is 0 Å². The molecule has 0 aromatic heterocycles. The van der Waals surface area contributed by atoms with Gasteiger partial charge in [-0.25, -0.2) is 9.18 Å². The smallest absolute Gasteiger partial charge is 0.407 e. The number of nitrogen functional groups attached to an aromatic ring is 1. The van der Waals surface area contributed by atoms with Crippen LogP contribution in [0.2, 0.25) is 0 Å². The van der Waals surface area contributed by atoms with Gasteiger partial charge in [-0.1, -0.05) is 6.07 Å². The van der Waals surface area contributed by atoms with Gasteiger partial charge in [0.15, 0.2) is 0 Å². The quantitative estimate of drug-likeness (QED) is 0.398. The molecule has 130 valence electrons. The second kappa shape index (κ2) is 8.09. The second-order valence-electron chi connectivity index (χ2n) is 6.11. The number of hydrogen-bond acceptors (Lipinski definition) is 6. The van der Waals surface area contributed by atoms with E-state index in [1.807, 2.05) is 0 Å². The number of aliphatic hydroxyl groups excluding tert-OH is 2. The highest BCUT2D eigenvalue weighted by molar-refractivity contribution is 5.67. The van der Waals surface area contributed by atoms with Crippen molar-refractivity contribution in [3.63, 3.8) is 0 Å². The standard InChI is InChI=1S/C15H24FN3O4/c1-15(2,3)23-14(22)18-7-6-12(20)13(21)9-4-5-11(19-17)10(16)8-9/h4-5,8,12-13,19-21H,6-7,17H2,1-3H3,(H,18,22). The molecule has 0 saturated carbocycles. The van der Waals surface area contributed by atoms with Gasteiger partial charge in [0.2, 0.25) is 0 Å². The van der Waals surface area contributed by atoms with E-state index >= 15 is 0 Å². The first-order valence-electron chi connectivity index (χ1n) is 7.23. The molecule has 6 N–H and O–H groups in total. The molecule has 0 aliphatic carbocycles. The Bertz CT molecular complexity index is 534. The van der Waals surface area contributed by atoms with Crippen LogP contribution in [0.4, 0.5) is 14.9 Å². The molecule has 1 amide bonds. The number of nitrogens with one attached hydrogen (secondary N) is 2. The van der Waals surface area contributed by atoms with Crippen LogP contribution in [-0.4, -0.2) is 34.6 Å². The van der Waals surface area contributed by atoms with Crippen LogP contribution in [0.25, 0.3) is 0 Å². The Morgan fingerprint density at radius 1 is 1.39 bits per heavy atom. The normalized spacial score (nSPS) is 14.0. The minimum absolute atomic E-state index is 0.0823. The van der Waals surface area contributed by atoms with E-state index in [4.69, 9.17) is 10.6 Å². The number of amides is 1.